The van der Waals surface area contributed by atoms with Crippen LogP contribution in [0.15, 0.2) is 12.1 Å². The topological polar surface area (TPSA) is 26.0 Å². The number of benzene rings is 1. The summed E-state index contributed by atoms with van der Waals surface area (Å²) in [7, 11) is 0. The van der Waals surface area contributed by atoms with E-state index in [-0.39, 0.29) is 17.7 Å². The van der Waals surface area contributed by atoms with Crippen LogP contribution in [0.4, 0.5) is 13.2 Å². The molecule has 1 nitrogen and oxygen atoms in total. The average Bonchev–Trinajstić information content (AvgIpc) is 2.41. The zero-order valence-corrected chi connectivity index (χ0v) is 12.1. The Hall–Kier alpha value is -1.03. The van der Waals surface area contributed by atoms with Crippen LogP contribution in [0, 0.1) is 11.6 Å². The highest BCUT2D eigenvalue weighted by Gasteiger charge is 2.37. The van der Waals surface area contributed by atoms with Crippen molar-refractivity contribution < 1.29 is 13.2 Å². The fourth-order valence-corrected chi connectivity index (χ4v) is 3.13. The third-order valence-electron chi connectivity index (χ3n) is 4.49. The highest BCUT2D eigenvalue weighted by Crippen LogP contribution is 2.42. The normalized spacial score (nSPS) is 19.1. The van der Waals surface area contributed by atoms with E-state index < -0.39 is 22.7 Å². The smallest absolute Gasteiger partial charge is 0.162 e. The van der Waals surface area contributed by atoms with Crippen molar-refractivity contribution in [3.8, 4) is 0 Å². The second-order valence-corrected chi connectivity index (χ2v) is 6.34. The molecule has 0 heterocycles. The summed E-state index contributed by atoms with van der Waals surface area (Å²) >= 11 is 0. The molecule has 4 heteroatoms. The molecular weight excluding hydrogens is 263 g/mol. The Morgan fingerprint density at radius 1 is 1.15 bits per heavy atom. The van der Waals surface area contributed by atoms with Gasteiger partial charge in [0.1, 0.15) is 5.67 Å². The van der Waals surface area contributed by atoms with Crippen LogP contribution < -0.4 is 5.73 Å². The Labute approximate surface area is 118 Å². The number of halogens is 3. The van der Waals surface area contributed by atoms with E-state index >= 15 is 0 Å². The van der Waals surface area contributed by atoms with E-state index in [4.69, 9.17) is 5.73 Å². The summed E-state index contributed by atoms with van der Waals surface area (Å²) in [6, 6.07) is 2.42. The number of nitrogens with two attached hydrogens (primary N) is 1. The first-order valence-electron chi connectivity index (χ1n) is 7.19. The van der Waals surface area contributed by atoms with Gasteiger partial charge in [0, 0.05) is 12.0 Å². The van der Waals surface area contributed by atoms with E-state index in [2.05, 4.69) is 0 Å². The van der Waals surface area contributed by atoms with Crippen molar-refractivity contribution in [1.82, 2.24) is 0 Å². The lowest BCUT2D eigenvalue weighted by molar-refractivity contribution is 0.218. The minimum Gasteiger partial charge on any atom is -0.330 e. The Morgan fingerprint density at radius 2 is 1.75 bits per heavy atom. The molecule has 0 saturated heterocycles. The molecule has 1 aromatic carbocycles. The summed E-state index contributed by atoms with van der Waals surface area (Å²) in [5.41, 5.74) is 4.04. The molecule has 2 N–H and O–H groups in total. The molecular formula is C16H22F3N. The molecule has 0 atom stereocenters. The van der Waals surface area contributed by atoms with Gasteiger partial charge in [-0.3, -0.25) is 0 Å². The van der Waals surface area contributed by atoms with Crippen LogP contribution in [0.5, 0.6) is 0 Å². The molecule has 0 aromatic heterocycles. The molecule has 1 aromatic rings. The van der Waals surface area contributed by atoms with Gasteiger partial charge in [-0.1, -0.05) is 19.3 Å². The lowest BCUT2D eigenvalue weighted by Gasteiger charge is -2.37. The average molecular weight is 285 g/mol. The van der Waals surface area contributed by atoms with Gasteiger partial charge in [0.05, 0.1) is 0 Å². The number of rotatable bonds is 3. The molecule has 0 spiro atoms. The molecule has 0 unspecified atom stereocenters. The lowest BCUT2D eigenvalue weighted by Crippen LogP contribution is -2.38. The fourth-order valence-electron chi connectivity index (χ4n) is 3.13. The Bertz CT molecular complexity index is 485. The number of hydrogen-bond acceptors (Lipinski definition) is 1. The van der Waals surface area contributed by atoms with Crippen LogP contribution in [-0.4, -0.2) is 6.54 Å². The predicted octanol–water partition coefficient (Wildman–Crippen LogP) is 4.33. The minimum absolute atomic E-state index is 0.171. The van der Waals surface area contributed by atoms with Gasteiger partial charge in [-0.05, 0) is 49.9 Å². The van der Waals surface area contributed by atoms with Crippen LogP contribution in [0.2, 0.25) is 0 Å². The number of alkyl halides is 1. The Kier molecular flexibility index (Phi) is 4.14. The molecule has 112 valence electrons. The monoisotopic (exact) mass is 285 g/mol. The van der Waals surface area contributed by atoms with E-state index in [0.29, 0.717) is 0 Å². The highest BCUT2D eigenvalue weighted by atomic mass is 19.2. The maximum Gasteiger partial charge on any atom is 0.162 e. The zero-order valence-electron chi connectivity index (χ0n) is 12.1. The second-order valence-electron chi connectivity index (χ2n) is 6.34. The van der Waals surface area contributed by atoms with Crippen molar-refractivity contribution in [3.63, 3.8) is 0 Å². The SMILES string of the molecule is CC(C)(F)c1cc(F)c(F)c(C2(CN)CCCCC2)c1. The van der Waals surface area contributed by atoms with Crippen LogP contribution in [0.25, 0.3) is 0 Å². The van der Waals surface area contributed by atoms with Crippen molar-refractivity contribution in [2.45, 2.75) is 57.0 Å². The van der Waals surface area contributed by atoms with Gasteiger partial charge in [0.15, 0.2) is 11.6 Å². The van der Waals surface area contributed by atoms with Crippen LogP contribution in [0.3, 0.4) is 0 Å². The Balaban J connectivity index is 2.57. The van der Waals surface area contributed by atoms with Gasteiger partial charge in [-0.25, -0.2) is 13.2 Å². The molecule has 0 aliphatic heterocycles. The van der Waals surface area contributed by atoms with E-state index in [1.165, 1.54) is 19.9 Å². The maximum atomic E-state index is 14.2. The highest BCUT2D eigenvalue weighted by molar-refractivity contribution is 5.36. The van der Waals surface area contributed by atoms with Crippen molar-refractivity contribution >= 4 is 0 Å². The zero-order chi connectivity index (χ0) is 15.0. The third-order valence-corrected chi connectivity index (χ3v) is 4.49. The van der Waals surface area contributed by atoms with Gasteiger partial charge in [-0.2, -0.15) is 0 Å². The predicted molar refractivity (Wildman–Crippen MR) is 74.3 cm³/mol. The first-order valence-corrected chi connectivity index (χ1v) is 7.19. The molecule has 1 saturated carbocycles. The van der Waals surface area contributed by atoms with Crippen molar-refractivity contribution in [3.05, 3.63) is 34.9 Å². The summed E-state index contributed by atoms with van der Waals surface area (Å²) < 4.78 is 42.2. The van der Waals surface area contributed by atoms with E-state index in [9.17, 15) is 13.2 Å². The van der Waals surface area contributed by atoms with Crippen LogP contribution in [-0.2, 0) is 11.1 Å². The second kappa shape index (κ2) is 5.40. The summed E-state index contributed by atoms with van der Waals surface area (Å²) in [5.74, 6) is -1.85. The van der Waals surface area contributed by atoms with Crippen molar-refractivity contribution in [2.75, 3.05) is 6.54 Å². The van der Waals surface area contributed by atoms with E-state index in [0.717, 1.165) is 38.2 Å². The Morgan fingerprint density at radius 3 is 2.25 bits per heavy atom. The summed E-state index contributed by atoms with van der Waals surface area (Å²) in [5, 5.41) is 0. The summed E-state index contributed by atoms with van der Waals surface area (Å²) in [6.45, 7) is 2.96. The van der Waals surface area contributed by atoms with Gasteiger partial charge in [0.2, 0.25) is 0 Å². The molecule has 1 aliphatic carbocycles. The van der Waals surface area contributed by atoms with Crippen LogP contribution >= 0.6 is 0 Å². The minimum atomic E-state index is -1.70. The first-order chi connectivity index (χ1) is 9.30. The molecule has 20 heavy (non-hydrogen) atoms. The quantitative estimate of drug-likeness (QED) is 0.879. The van der Waals surface area contributed by atoms with E-state index in [1.807, 2.05) is 0 Å². The first kappa shape index (κ1) is 15.4. The number of hydrogen-bond donors (Lipinski definition) is 1. The largest absolute Gasteiger partial charge is 0.330 e. The fraction of sp³-hybridized carbons (Fsp3) is 0.625. The van der Waals surface area contributed by atoms with Crippen LogP contribution in [0.1, 0.15) is 57.1 Å². The van der Waals surface area contributed by atoms with Gasteiger partial charge >= 0.3 is 0 Å². The maximum absolute atomic E-state index is 14.2. The van der Waals surface area contributed by atoms with Gasteiger partial charge in [-0.15, -0.1) is 0 Å². The van der Waals surface area contributed by atoms with Gasteiger partial charge in [0.25, 0.3) is 0 Å². The third kappa shape index (κ3) is 2.71. The summed E-state index contributed by atoms with van der Waals surface area (Å²) in [6.07, 6.45) is 4.44. The molecule has 0 bridgehead atoms. The van der Waals surface area contributed by atoms with E-state index in [1.54, 1.807) is 0 Å². The van der Waals surface area contributed by atoms with Gasteiger partial charge < -0.3 is 5.73 Å². The molecule has 2 rings (SSSR count). The molecule has 1 fully saturated rings. The summed E-state index contributed by atoms with van der Waals surface area (Å²) in [4.78, 5) is 0. The lowest BCUT2D eigenvalue weighted by atomic mass is 9.68. The molecule has 0 amide bonds. The molecule has 0 radical (unpaired) electrons. The standard InChI is InChI=1S/C16H22F3N/c1-15(2,19)11-8-12(14(18)13(17)9-11)16(10-20)6-4-3-5-7-16/h8-9H,3-7,10,20H2,1-2H3. The van der Waals surface area contributed by atoms with Crippen molar-refractivity contribution in [1.29, 1.82) is 0 Å². The molecule has 1 aliphatic rings. The van der Waals surface area contributed by atoms with Crippen molar-refractivity contribution in [2.24, 2.45) is 5.73 Å².